The summed E-state index contributed by atoms with van der Waals surface area (Å²) in [7, 11) is 3.80. The maximum atomic E-state index is 12.0. The molecular weight excluding hydrogens is 280 g/mol. The minimum absolute atomic E-state index is 0.0244. The van der Waals surface area contributed by atoms with Crippen molar-refractivity contribution in [2.24, 2.45) is 10.8 Å². The number of anilines is 1. The van der Waals surface area contributed by atoms with Gasteiger partial charge in [0.1, 0.15) is 23.7 Å². The molecule has 0 unspecified atom stereocenters. The van der Waals surface area contributed by atoms with Crippen LogP contribution in [0.4, 0.5) is 5.69 Å². The van der Waals surface area contributed by atoms with E-state index in [0.29, 0.717) is 5.56 Å². The lowest BCUT2D eigenvalue weighted by atomic mass is 10.1. The first-order valence-corrected chi connectivity index (χ1v) is 6.46. The molecule has 1 aromatic rings. The van der Waals surface area contributed by atoms with Gasteiger partial charge in [-0.25, -0.2) is 0 Å². The van der Waals surface area contributed by atoms with E-state index in [2.05, 4.69) is 5.10 Å². The number of hydrazone groups is 1. The molecule has 0 fully saturated rings. The van der Waals surface area contributed by atoms with Crippen LogP contribution in [0, 0.1) is 22.7 Å². The number of nitrogens with two attached hydrogens (primary N) is 1. The van der Waals surface area contributed by atoms with Crippen molar-refractivity contribution in [1.82, 2.24) is 5.01 Å². The maximum absolute atomic E-state index is 12.0. The lowest BCUT2D eigenvalue weighted by Crippen LogP contribution is -2.20. The fourth-order valence-corrected chi connectivity index (χ4v) is 2.04. The van der Waals surface area contributed by atoms with Gasteiger partial charge in [0.25, 0.3) is 5.91 Å². The third-order valence-electron chi connectivity index (χ3n) is 3.13. The monoisotopic (exact) mass is 294 g/mol. The van der Waals surface area contributed by atoms with Crippen molar-refractivity contribution < 1.29 is 4.79 Å². The molecule has 7 nitrogen and oxygen atoms in total. The van der Waals surface area contributed by atoms with E-state index < -0.39 is 0 Å². The molecule has 0 saturated carbocycles. The van der Waals surface area contributed by atoms with Gasteiger partial charge in [-0.1, -0.05) is 12.1 Å². The predicted octanol–water partition coefficient (Wildman–Crippen LogP) is 1.02. The highest BCUT2D eigenvalue weighted by atomic mass is 16.2. The lowest BCUT2D eigenvalue weighted by Gasteiger charge is -2.18. The number of rotatable bonds is 3. The lowest BCUT2D eigenvalue weighted by molar-refractivity contribution is -0.125. The zero-order valence-corrected chi connectivity index (χ0v) is 12.2. The Morgan fingerprint density at radius 1 is 1.27 bits per heavy atom. The van der Waals surface area contributed by atoms with Crippen molar-refractivity contribution >= 4 is 23.1 Å². The Balaban J connectivity index is 2.57. The summed E-state index contributed by atoms with van der Waals surface area (Å²) in [5.74, 6) is -0.213. The summed E-state index contributed by atoms with van der Waals surface area (Å²) >= 11 is 0. The first-order valence-electron chi connectivity index (χ1n) is 6.46. The van der Waals surface area contributed by atoms with Gasteiger partial charge in [0.2, 0.25) is 0 Å². The average Bonchev–Trinajstić information content (AvgIpc) is 2.83. The Morgan fingerprint density at radius 3 is 2.27 bits per heavy atom. The van der Waals surface area contributed by atoms with E-state index in [4.69, 9.17) is 16.3 Å². The number of carbonyl (C=O) groups excluding carboxylic acids is 1. The van der Waals surface area contributed by atoms with Crippen LogP contribution in [0.25, 0.3) is 5.70 Å². The van der Waals surface area contributed by atoms with Crippen LogP contribution < -0.4 is 10.6 Å². The molecule has 1 amide bonds. The van der Waals surface area contributed by atoms with Crippen LogP contribution in [-0.4, -0.2) is 30.8 Å². The SMILES string of the molecule is CN(C)c1ccc(C(=C(C#N)C#N)N2N=C(N)CC2=O)cc1. The highest BCUT2D eigenvalue weighted by Gasteiger charge is 2.29. The van der Waals surface area contributed by atoms with E-state index in [9.17, 15) is 4.79 Å². The first kappa shape index (κ1) is 15.1. The van der Waals surface area contributed by atoms with Crippen molar-refractivity contribution in [3.8, 4) is 12.1 Å². The van der Waals surface area contributed by atoms with Crippen molar-refractivity contribution in [2.45, 2.75) is 6.42 Å². The molecule has 1 aromatic carbocycles. The number of benzene rings is 1. The summed E-state index contributed by atoms with van der Waals surface area (Å²) in [5.41, 5.74) is 7.04. The van der Waals surface area contributed by atoms with E-state index in [0.717, 1.165) is 10.7 Å². The summed E-state index contributed by atoms with van der Waals surface area (Å²) in [4.78, 5) is 13.9. The minimum Gasteiger partial charge on any atom is -0.385 e. The van der Waals surface area contributed by atoms with Crippen LogP contribution in [0.3, 0.4) is 0 Å². The molecule has 2 rings (SSSR count). The van der Waals surface area contributed by atoms with Gasteiger partial charge in [-0.05, 0) is 12.1 Å². The molecule has 2 N–H and O–H groups in total. The Hall–Kier alpha value is -3.32. The highest BCUT2D eigenvalue weighted by Crippen LogP contribution is 2.28. The number of nitrogens with zero attached hydrogens (tertiary/aromatic N) is 5. The number of nitriles is 2. The van der Waals surface area contributed by atoms with E-state index in [-0.39, 0.29) is 29.4 Å². The minimum atomic E-state index is -0.368. The summed E-state index contributed by atoms with van der Waals surface area (Å²) in [6.07, 6.45) is -0.0244. The molecule has 22 heavy (non-hydrogen) atoms. The molecule has 0 aromatic heterocycles. The molecule has 0 bridgehead atoms. The van der Waals surface area contributed by atoms with E-state index >= 15 is 0 Å². The Bertz CT molecular complexity index is 730. The van der Waals surface area contributed by atoms with Crippen LogP contribution in [0.1, 0.15) is 12.0 Å². The summed E-state index contributed by atoms with van der Waals surface area (Å²) in [5, 5.41) is 23.3. The number of amidine groups is 1. The Labute approximate surface area is 128 Å². The molecule has 1 aliphatic heterocycles. The molecule has 0 radical (unpaired) electrons. The van der Waals surface area contributed by atoms with Crippen molar-refractivity contribution in [3.05, 3.63) is 35.4 Å². The number of hydrogen-bond acceptors (Lipinski definition) is 6. The largest absolute Gasteiger partial charge is 0.385 e. The van der Waals surface area contributed by atoms with Gasteiger partial charge < -0.3 is 10.6 Å². The number of carbonyl (C=O) groups is 1. The van der Waals surface area contributed by atoms with Crippen LogP contribution >= 0.6 is 0 Å². The molecule has 110 valence electrons. The third-order valence-corrected chi connectivity index (χ3v) is 3.13. The van der Waals surface area contributed by atoms with Crippen molar-refractivity contribution in [3.63, 3.8) is 0 Å². The summed E-state index contributed by atoms with van der Waals surface area (Å²) in [6, 6.07) is 10.7. The fourth-order valence-electron chi connectivity index (χ4n) is 2.04. The molecule has 1 heterocycles. The third kappa shape index (κ3) is 2.74. The van der Waals surface area contributed by atoms with E-state index in [1.165, 1.54) is 0 Å². The Morgan fingerprint density at radius 2 is 1.86 bits per heavy atom. The standard InChI is InChI=1S/C15H14N6O/c1-20(2)12-5-3-10(4-6-12)15(11(8-16)9-17)21-14(22)7-13(18)19-21/h3-6H,7H2,1-2H3,(H2,18,19). The average molecular weight is 294 g/mol. The first-order chi connectivity index (χ1) is 10.5. The van der Waals surface area contributed by atoms with E-state index in [1.54, 1.807) is 24.3 Å². The molecule has 1 aliphatic rings. The number of hydrogen-bond donors (Lipinski definition) is 1. The van der Waals surface area contributed by atoms with Gasteiger partial charge in [-0.3, -0.25) is 4.79 Å². The van der Waals surface area contributed by atoms with Crippen LogP contribution in [-0.2, 0) is 4.79 Å². The smallest absolute Gasteiger partial charge is 0.255 e. The van der Waals surface area contributed by atoms with Gasteiger partial charge in [-0.2, -0.15) is 20.6 Å². The summed E-state index contributed by atoms with van der Waals surface area (Å²) in [6.45, 7) is 0. The van der Waals surface area contributed by atoms with Crippen LogP contribution in [0.15, 0.2) is 34.9 Å². The van der Waals surface area contributed by atoms with Crippen molar-refractivity contribution in [2.75, 3.05) is 19.0 Å². The fraction of sp³-hybridized carbons (Fsp3) is 0.200. The van der Waals surface area contributed by atoms with E-state index in [1.807, 2.05) is 31.1 Å². The quantitative estimate of drug-likeness (QED) is 0.837. The molecule has 0 saturated heterocycles. The topological polar surface area (TPSA) is 110 Å². The second-order valence-electron chi connectivity index (χ2n) is 4.86. The van der Waals surface area contributed by atoms with Gasteiger partial charge >= 0.3 is 0 Å². The highest BCUT2D eigenvalue weighted by molar-refractivity contribution is 6.07. The van der Waals surface area contributed by atoms with Crippen LogP contribution in [0.2, 0.25) is 0 Å². The molecular formula is C15H14N6O. The second-order valence-corrected chi connectivity index (χ2v) is 4.86. The van der Waals surface area contributed by atoms with Crippen LogP contribution in [0.5, 0.6) is 0 Å². The molecule has 0 spiro atoms. The zero-order chi connectivity index (χ0) is 16.3. The van der Waals surface area contributed by atoms with Crippen molar-refractivity contribution in [1.29, 1.82) is 10.5 Å². The Kier molecular flexibility index (Phi) is 4.10. The second kappa shape index (κ2) is 5.98. The van der Waals surface area contributed by atoms with Gasteiger partial charge in [-0.15, -0.1) is 0 Å². The normalized spacial score (nSPS) is 13.2. The predicted molar refractivity (Wildman–Crippen MR) is 82.0 cm³/mol. The van der Waals surface area contributed by atoms with Gasteiger partial charge in [0.15, 0.2) is 5.57 Å². The number of allylic oxidation sites excluding steroid dienone is 1. The van der Waals surface area contributed by atoms with Gasteiger partial charge in [0, 0.05) is 25.3 Å². The number of amides is 1. The molecule has 7 heteroatoms. The van der Waals surface area contributed by atoms with Gasteiger partial charge in [0.05, 0.1) is 6.42 Å². The molecule has 0 atom stereocenters. The maximum Gasteiger partial charge on any atom is 0.255 e. The molecule has 0 aliphatic carbocycles. The summed E-state index contributed by atoms with van der Waals surface area (Å²) < 4.78 is 0. The zero-order valence-electron chi connectivity index (χ0n) is 12.2.